The van der Waals surface area contributed by atoms with Crippen molar-refractivity contribution in [1.29, 1.82) is 0 Å². The zero-order valence-corrected chi connectivity index (χ0v) is 13.4. The number of nitrogens with one attached hydrogen (secondary N) is 1. The van der Waals surface area contributed by atoms with Crippen LogP contribution in [0.3, 0.4) is 0 Å². The molecule has 2 rings (SSSR count). The van der Waals surface area contributed by atoms with Crippen molar-refractivity contribution in [2.24, 2.45) is 11.7 Å². The molecule has 0 heterocycles. The molecule has 4 nitrogen and oxygen atoms in total. The Morgan fingerprint density at radius 2 is 2.24 bits per heavy atom. The lowest BCUT2D eigenvalue weighted by Gasteiger charge is -2.26. The molecule has 0 saturated heterocycles. The average molecular weight is 336 g/mol. The number of carbonyl (C=O) groups is 1. The van der Waals surface area contributed by atoms with E-state index in [4.69, 9.17) is 17.3 Å². The summed E-state index contributed by atoms with van der Waals surface area (Å²) in [6.07, 6.45) is 2.36. The van der Waals surface area contributed by atoms with Gasteiger partial charge in [-0.2, -0.15) is 0 Å². The van der Waals surface area contributed by atoms with Gasteiger partial charge in [0.2, 0.25) is 5.91 Å². The van der Waals surface area contributed by atoms with Crippen LogP contribution in [0.1, 0.15) is 12.8 Å². The van der Waals surface area contributed by atoms with Gasteiger partial charge in [-0.3, -0.25) is 9.69 Å². The van der Waals surface area contributed by atoms with Crippen LogP contribution in [0, 0.1) is 11.7 Å². The molecule has 0 aromatic heterocycles. The highest BCUT2D eigenvalue weighted by molar-refractivity contribution is 6.33. The van der Waals surface area contributed by atoms with E-state index < -0.39 is 5.82 Å². The van der Waals surface area contributed by atoms with E-state index in [9.17, 15) is 9.18 Å². The van der Waals surface area contributed by atoms with Crippen molar-refractivity contribution in [3.63, 3.8) is 0 Å². The van der Waals surface area contributed by atoms with Crippen LogP contribution >= 0.6 is 24.0 Å². The topological polar surface area (TPSA) is 58.4 Å². The Balaban J connectivity index is 0.00000220. The lowest BCUT2D eigenvalue weighted by Crippen LogP contribution is -2.43. The van der Waals surface area contributed by atoms with Crippen LogP contribution in [0.25, 0.3) is 0 Å². The molecular weight excluding hydrogens is 316 g/mol. The number of amides is 1. The van der Waals surface area contributed by atoms with Gasteiger partial charge in [-0.15, -0.1) is 12.4 Å². The maximum absolute atomic E-state index is 12.9. The maximum atomic E-state index is 12.9. The standard InChI is InChI=1S/C14H19ClFN3O.ClH/c1-19(13(7-17)9-2-3-9)8-14(20)18-12-5-4-10(16)6-11(12)15;/h4-6,9,13H,2-3,7-8,17H2,1H3,(H,18,20);1H. The highest BCUT2D eigenvalue weighted by Gasteiger charge is 2.33. The predicted molar refractivity (Wildman–Crippen MR) is 85.5 cm³/mol. The molecule has 0 radical (unpaired) electrons. The van der Waals surface area contributed by atoms with Crippen molar-refractivity contribution in [3.8, 4) is 0 Å². The fourth-order valence-corrected chi connectivity index (χ4v) is 2.55. The molecule has 0 aliphatic heterocycles. The normalized spacial score (nSPS) is 15.5. The van der Waals surface area contributed by atoms with Gasteiger partial charge in [-0.1, -0.05) is 11.6 Å². The summed E-state index contributed by atoms with van der Waals surface area (Å²) >= 11 is 5.87. The quantitative estimate of drug-likeness (QED) is 0.839. The van der Waals surface area contributed by atoms with Gasteiger partial charge in [-0.05, 0) is 44.0 Å². The van der Waals surface area contributed by atoms with E-state index in [1.165, 1.54) is 31.0 Å². The van der Waals surface area contributed by atoms with Gasteiger partial charge in [0.05, 0.1) is 17.3 Å². The van der Waals surface area contributed by atoms with Crippen LogP contribution in [0.4, 0.5) is 10.1 Å². The zero-order valence-electron chi connectivity index (χ0n) is 11.8. The van der Waals surface area contributed by atoms with Crippen LogP contribution in [0.15, 0.2) is 18.2 Å². The first-order chi connectivity index (χ1) is 9.51. The van der Waals surface area contributed by atoms with Crippen molar-refractivity contribution in [2.45, 2.75) is 18.9 Å². The van der Waals surface area contributed by atoms with Crippen LogP contribution in [-0.4, -0.2) is 37.0 Å². The summed E-state index contributed by atoms with van der Waals surface area (Å²) in [6, 6.07) is 4.13. The number of rotatable bonds is 6. The summed E-state index contributed by atoms with van der Waals surface area (Å²) < 4.78 is 12.9. The molecule has 3 N–H and O–H groups in total. The summed E-state index contributed by atoms with van der Waals surface area (Å²) in [6.45, 7) is 0.790. The molecule has 118 valence electrons. The second kappa shape index (κ2) is 7.94. The highest BCUT2D eigenvalue weighted by atomic mass is 35.5. The van der Waals surface area contributed by atoms with Crippen LogP contribution in [-0.2, 0) is 4.79 Å². The van der Waals surface area contributed by atoms with E-state index in [2.05, 4.69) is 5.32 Å². The fraction of sp³-hybridized carbons (Fsp3) is 0.500. The SMILES string of the molecule is CN(CC(=O)Nc1ccc(F)cc1Cl)C(CN)C1CC1.Cl. The minimum Gasteiger partial charge on any atom is -0.329 e. The van der Waals surface area contributed by atoms with Crippen molar-refractivity contribution in [3.05, 3.63) is 29.0 Å². The summed E-state index contributed by atoms with van der Waals surface area (Å²) in [5.74, 6) is -0.00522. The van der Waals surface area contributed by atoms with E-state index in [0.717, 1.165) is 0 Å². The van der Waals surface area contributed by atoms with E-state index in [-0.39, 0.29) is 35.9 Å². The number of halogens is 3. The van der Waals surface area contributed by atoms with Gasteiger partial charge in [0.25, 0.3) is 0 Å². The molecule has 1 unspecified atom stereocenters. The molecule has 21 heavy (non-hydrogen) atoms. The Labute approximate surface area is 135 Å². The molecule has 1 aliphatic rings. The molecule has 1 aromatic rings. The first kappa shape index (κ1) is 18.2. The van der Waals surface area contributed by atoms with Crippen LogP contribution in [0.5, 0.6) is 0 Å². The van der Waals surface area contributed by atoms with E-state index >= 15 is 0 Å². The zero-order chi connectivity index (χ0) is 14.7. The Morgan fingerprint density at radius 3 is 2.76 bits per heavy atom. The number of nitrogens with two attached hydrogens (primary N) is 1. The minimum absolute atomic E-state index is 0. The number of benzene rings is 1. The molecule has 1 fully saturated rings. The first-order valence-corrected chi connectivity index (χ1v) is 7.04. The lowest BCUT2D eigenvalue weighted by atomic mass is 10.1. The second-order valence-corrected chi connectivity index (χ2v) is 5.64. The van der Waals surface area contributed by atoms with Crippen molar-refractivity contribution >= 4 is 35.6 Å². The summed E-state index contributed by atoms with van der Waals surface area (Å²) in [4.78, 5) is 13.9. The van der Waals surface area contributed by atoms with E-state index in [1.807, 2.05) is 11.9 Å². The molecule has 1 aliphatic carbocycles. The molecule has 1 atom stereocenters. The summed E-state index contributed by atoms with van der Waals surface area (Å²) in [5, 5.41) is 2.88. The fourth-order valence-electron chi connectivity index (χ4n) is 2.34. The van der Waals surface area contributed by atoms with Gasteiger partial charge in [0, 0.05) is 12.6 Å². The van der Waals surface area contributed by atoms with Crippen LogP contribution < -0.4 is 11.1 Å². The number of anilines is 1. The van der Waals surface area contributed by atoms with Gasteiger partial charge in [-0.25, -0.2) is 4.39 Å². The number of hydrogen-bond acceptors (Lipinski definition) is 3. The highest BCUT2D eigenvalue weighted by Crippen LogP contribution is 2.34. The van der Waals surface area contributed by atoms with E-state index in [1.54, 1.807) is 0 Å². The molecule has 0 spiro atoms. The summed E-state index contributed by atoms with van der Waals surface area (Å²) in [7, 11) is 1.89. The summed E-state index contributed by atoms with van der Waals surface area (Å²) in [5.41, 5.74) is 6.17. The van der Waals surface area contributed by atoms with Gasteiger partial charge in [0.1, 0.15) is 5.82 Å². The third kappa shape index (κ3) is 5.11. The first-order valence-electron chi connectivity index (χ1n) is 6.66. The molecular formula is C14H20Cl2FN3O. The average Bonchev–Trinajstić information content (AvgIpc) is 3.18. The Kier molecular flexibility index (Phi) is 6.87. The van der Waals surface area contributed by atoms with E-state index in [0.29, 0.717) is 18.2 Å². The Hall–Kier alpha value is -0.880. The van der Waals surface area contributed by atoms with Gasteiger partial charge < -0.3 is 11.1 Å². The predicted octanol–water partition coefficient (Wildman–Crippen LogP) is 2.51. The van der Waals surface area contributed by atoms with Crippen molar-refractivity contribution in [2.75, 3.05) is 25.5 Å². The molecule has 1 aromatic carbocycles. The largest absolute Gasteiger partial charge is 0.329 e. The third-order valence-corrected chi connectivity index (χ3v) is 3.88. The molecule has 1 amide bonds. The van der Waals surface area contributed by atoms with Gasteiger partial charge >= 0.3 is 0 Å². The number of hydrogen-bond donors (Lipinski definition) is 2. The second-order valence-electron chi connectivity index (χ2n) is 5.23. The lowest BCUT2D eigenvalue weighted by molar-refractivity contribution is -0.117. The maximum Gasteiger partial charge on any atom is 0.238 e. The van der Waals surface area contributed by atoms with Crippen molar-refractivity contribution in [1.82, 2.24) is 4.90 Å². The van der Waals surface area contributed by atoms with Crippen LogP contribution in [0.2, 0.25) is 5.02 Å². The molecule has 0 bridgehead atoms. The monoisotopic (exact) mass is 335 g/mol. The number of carbonyl (C=O) groups excluding carboxylic acids is 1. The van der Waals surface area contributed by atoms with Gasteiger partial charge in [0.15, 0.2) is 0 Å². The third-order valence-electron chi connectivity index (χ3n) is 3.57. The number of likely N-dealkylation sites (N-methyl/N-ethyl adjacent to an activating group) is 1. The minimum atomic E-state index is -0.429. The molecule has 7 heteroatoms. The van der Waals surface area contributed by atoms with Crippen molar-refractivity contribution < 1.29 is 9.18 Å². The Morgan fingerprint density at radius 1 is 1.57 bits per heavy atom. The Bertz CT molecular complexity index is 497. The smallest absolute Gasteiger partial charge is 0.238 e. The number of nitrogens with zero attached hydrogens (tertiary/aromatic N) is 1. The molecule has 1 saturated carbocycles.